The van der Waals surface area contributed by atoms with Gasteiger partial charge >= 0.3 is 0 Å². The van der Waals surface area contributed by atoms with Crippen molar-refractivity contribution in [1.29, 1.82) is 0 Å². The number of rotatable bonds is 7. The second-order valence-electron chi connectivity index (χ2n) is 6.33. The van der Waals surface area contributed by atoms with E-state index >= 15 is 0 Å². The van der Waals surface area contributed by atoms with Crippen molar-refractivity contribution < 1.29 is 14.2 Å². The SMILES string of the molecule is CC(C)CO[P@@](=O)(c1ccc(N(C)C)cc1)[C@@H](O)c1ccccn1. The van der Waals surface area contributed by atoms with Crippen molar-refractivity contribution in [2.75, 3.05) is 25.6 Å². The summed E-state index contributed by atoms with van der Waals surface area (Å²) in [5.74, 6) is -1.09. The monoisotopic (exact) mass is 348 g/mol. The zero-order valence-electron chi connectivity index (χ0n) is 14.6. The predicted octanol–water partition coefficient (Wildman–Crippen LogP) is 3.41. The largest absolute Gasteiger partial charge is 0.378 e. The van der Waals surface area contributed by atoms with Gasteiger partial charge in [-0.25, -0.2) is 0 Å². The molecule has 1 aromatic carbocycles. The summed E-state index contributed by atoms with van der Waals surface area (Å²) in [5, 5.41) is 11.2. The van der Waals surface area contributed by atoms with Crippen molar-refractivity contribution in [3.8, 4) is 0 Å². The number of nitrogens with zero attached hydrogens (tertiary/aromatic N) is 2. The zero-order valence-corrected chi connectivity index (χ0v) is 15.5. The maximum absolute atomic E-state index is 13.6. The number of pyridine rings is 1. The molecule has 24 heavy (non-hydrogen) atoms. The highest BCUT2D eigenvalue weighted by Crippen LogP contribution is 2.57. The molecule has 1 aromatic heterocycles. The Hall–Kier alpha value is -1.68. The van der Waals surface area contributed by atoms with E-state index in [-0.39, 0.29) is 5.92 Å². The maximum Gasteiger partial charge on any atom is 0.265 e. The van der Waals surface area contributed by atoms with Crippen LogP contribution in [0.3, 0.4) is 0 Å². The smallest absolute Gasteiger partial charge is 0.265 e. The lowest BCUT2D eigenvalue weighted by Crippen LogP contribution is -2.18. The molecule has 0 aliphatic rings. The first-order valence-electron chi connectivity index (χ1n) is 7.96. The van der Waals surface area contributed by atoms with E-state index in [1.54, 1.807) is 36.5 Å². The Kier molecular flexibility index (Phi) is 6.16. The molecule has 1 N–H and O–H groups in total. The minimum atomic E-state index is -3.51. The molecule has 0 unspecified atom stereocenters. The third-order valence-electron chi connectivity index (χ3n) is 3.60. The van der Waals surface area contributed by atoms with Gasteiger partial charge in [-0.1, -0.05) is 19.9 Å². The summed E-state index contributed by atoms with van der Waals surface area (Å²) in [6.45, 7) is 4.26. The maximum atomic E-state index is 13.6. The number of anilines is 1. The van der Waals surface area contributed by atoms with Gasteiger partial charge < -0.3 is 14.5 Å². The van der Waals surface area contributed by atoms with Gasteiger partial charge in [0.15, 0.2) is 5.85 Å². The van der Waals surface area contributed by atoms with E-state index in [9.17, 15) is 9.67 Å². The fourth-order valence-corrected chi connectivity index (χ4v) is 4.37. The first kappa shape index (κ1) is 18.7. The molecule has 0 fully saturated rings. The fraction of sp³-hybridized carbons (Fsp3) is 0.389. The fourth-order valence-electron chi connectivity index (χ4n) is 2.21. The van der Waals surface area contributed by atoms with Gasteiger partial charge in [0.25, 0.3) is 7.37 Å². The van der Waals surface area contributed by atoms with Crippen LogP contribution in [0.5, 0.6) is 0 Å². The van der Waals surface area contributed by atoms with Crippen LogP contribution in [0.1, 0.15) is 25.4 Å². The normalized spacial score (nSPS) is 15.1. The van der Waals surface area contributed by atoms with E-state index in [2.05, 4.69) is 4.98 Å². The van der Waals surface area contributed by atoms with Crippen LogP contribution >= 0.6 is 7.37 Å². The Morgan fingerprint density at radius 3 is 2.33 bits per heavy atom. The average molecular weight is 348 g/mol. The van der Waals surface area contributed by atoms with Crippen LogP contribution in [0.25, 0.3) is 0 Å². The zero-order chi connectivity index (χ0) is 17.7. The van der Waals surface area contributed by atoms with E-state index in [4.69, 9.17) is 4.52 Å². The molecule has 0 spiro atoms. The number of hydrogen-bond donors (Lipinski definition) is 1. The molecule has 0 saturated heterocycles. The molecule has 0 aliphatic carbocycles. The predicted molar refractivity (Wildman–Crippen MR) is 98.0 cm³/mol. The molecule has 0 amide bonds. The van der Waals surface area contributed by atoms with Crippen LogP contribution in [0, 0.1) is 5.92 Å². The van der Waals surface area contributed by atoms with Gasteiger partial charge in [0.1, 0.15) is 0 Å². The third-order valence-corrected chi connectivity index (χ3v) is 6.06. The van der Waals surface area contributed by atoms with Crippen molar-refractivity contribution in [3.05, 3.63) is 54.4 Å². The Labute approximate surface area is 143 Å². The Morgan fingerprint density at radius 1 is 1.17 bits per heavy atom. The highest BCUT2D eigenvalue weighted by atomic mass is 31.2. The lowest BCUT2D eigenvalue weighted by atomic mass is 10.2. The summed E-state index contributed by atoms with van der Waals surface area (Å²) < 4.78 is 19.3. The Balaban J connectivity index is 2.41. The first-order chi connectivity index (χ1) is 11.3. The van der Waals surface area contributed by atoms with E-state index in [1.165, 1.54) is 0 Å². The minimum Gasteiger partial charge on any atom is -0.378 e. The number of benzene rings is 1. The second-order valence-corrected chi connectivity index (χ2v) is 8.78. The number of aliphatic hydroxyl groups is 1. The van der Waals surface area contributed by atoms with Crippen LogP contribution in [0.2, 0.25) is 0 Å². The molecule has 5 nitrogen and oxygen atoms in total. The highest BCUT2D eigenvalue weighted by Gasteiger charge is 2.37. The molecule has 1 heterocycles. The van der Waals surface area contributed by atoms with E-state index in [0.29, 0.717) is 17.6 Å². The highest BCUT2D eigenvalue weighted by molar-refractivity contribution is 7.67. The molecule has 130 valence electrons. The van der Waals surface area contributed by atoms with Crippen LogP contribution in [-0.2, 0) is 9.09 Å². The standard InChI is InChI=1S/C18H25N2O3P/c1-14(2)13-23-24(22,18(21)17-7-5-6-12-19-17)16-10-8-15(9-11-16)20(3)4/h5-12,14,18,21H,13H2,1-4H3/t18-,24+/m1/s1. The summed E-state index contributed by atoms with van der Waals surface area (Å²) in [5.41, 5.74) is 1.34. The number of hydrogen-bond acceptors (Lipinski definition) is 5. The lowest BCUT2D eigenvalue weighted by molar-refractivity contribution is 0.200. The molecular formula is C18H25N2O3P. The van der Waals surface area contributed by atoms with Crippen molar-refractivity contribution in [3.63, 3.8) is 0 Å². The molecule has 2 aromatic rings. The summed E-state index contributed by atoms with van der Waals surface area (Å²) >= 11 is 0. The first-order valence-corrected chi connectivity index (χ1v) is 9.65. The van der Waals surface area contributed by atoms with Crippen LogP contribution in [-0.4, -0.2) is 30.8 Å². The van der Waals surface area contributed by atoms with Crippen molar-refractivity contribution in [1.82, 2.24) is 4.98 Å². The van der Waals surface area contributed by atoms with Gasteiger partial charge in [-0.15, -0.1) is 0 Å². The Bertz CT molecular complexity index is 687. The molecule has 0 radical (unpaired) electrons. The van der Waals surface area contributed by atoms with Gasteiger partial charge in [0.2, 0.25) is 0 Å². The van der Waals surface area contributed by atoms with Crippen LogP contribution < -0.4 is 10.2 Å². The van der Waals surface area contributed by atoms with Gasteiger partial charge in [-0.2, -0.15) is 0 Å². The molecule has 6 heteroatoms. The Morgan fingerprint density at radius 2 is 1.83 bits per heavy atom. The summed E-state index contributed by atoms with van der Waals surface area (Å²) in [7, 11) is 0.360. The van der Waals surface area contributed by atoms with E-state index in [1.807, 2.05) is 45.0 Å². The van der Waals surface area contributed by atoms with Crippen LogP contribution in [0.15, 0.2) is 48.7 Å². The van der Waals surface area contributed by atoms with Crippen LogP contribution in [0.4, 0.5) is 5.69 Å². The van der Waals surface area contributed by atoms with Gasteiger partial charge in [0, 0.05) is 31.3 Å². The minimum absolute atomic E-state index is 0.204. The summed E-state index contributed by atoms with van der Waals surface area (Å²) in [4.78, 5) is 6.09. The van der Waals surface area contributed by atoms with E-state index in [0.717, 1.165) is 5.69 Å². The molecule has 0 bridgehead atoms. The quantitative estimate of drug-likeness (QED) is 0.777. The number of aliphatic hydroxyl groups excluding tert-OH is 1. The molecule has 0 aliphatic heterocycles. The average Bonchev–Trinajstić information content (AvgIpc) is 2.59. The van der Waals surface area contributed by atoms with Crippen molar-refractivity contribution >= 4 is 18.4 Å². The van der Waals surface area contributed by atoms with Gasteiger partial charge in [0.05, 0.1) is 12.3 Å². The van der Waals surface area contributed by atoms with Gasteiger partial charge in [-0.3, -0.25) is 9.55 Å². The number of aromatic nitrogens is 1. The molecule has 2 rings (SSSR count). The third kappa shape index (κ3) is 4.23. The molecule has 2 atom stereocenters. The van der Waals surface area contributed by atoms with Crippen molar-refractivity contribution in [2.24, 2.45) is 5.92 Å². The van der Waals surface area contributed by atoms with E-state index < -0.39 is 13.2 Å². The van der Waals surface area contributed by atoms with Gasteiger partial charge in [-0.05, 0) is 42.3 Å². The topological polar surface area (TPSA) is 62.7 Å². The summed E-state index contributed by atoms with van der Waals surface area (Å²) in [6, 6.07) is 12.4. The lowest BCUT2D eigenvalue weighted by Gasteiger charge is -2.25. The van der Waals surface area contributed by atoms with Crippen molar-refractivity contribution in [2.45, 2.75) is 19.7 Å². The molecule has 0 saturated carbocycles. The summed E-state index contributed by atoms with van der Waals surface area (Å²) in [6.07, 6.45) is 1.57. The molecular weight excluding hydrogens is 323 g/mol. The second kappa shape index (κ2) is 7.93.